The summed E-state index contributed by atoms with van der Waals surface area (Å²) in [4.78, 5) is 14.0. The molecule has 0 heterocycles. The summed E-state index contributed by atoms with van der Waals surface area (Å²) in [6.07, 6.45) is 9.51. The normalized spacial score (nSPS) is 40.2. The largest absolute Gasteiger partial charge is 0.235 e. The zero-order valence-corrected chi connectivity index (χ0v) is 7.33. The third-order valence-electron chi connectivity index (χ3n) is 3.34. The van der Waals surface area contributed by atoms with Crippen LogP contribution in [0.5, 0.6) is 0 Å². The molecule has 0 spiro atoms. The van der Waals surface area contributed by atoms with E-state index in [1.165, 1.54) is 25.7 Å². The van der Waals surface area contributed by atoms with Crippen LogP contribution < -0.4 is 0 Å². The van der Waals surface area contributed by atoms with E-state index in [0.717, 1.165) is 24.7 Å². The second kappa shape index (κ2) is 3.40. The molecule has 2 aliphatic carbocycles. The van der Waals surface area contributed by atoms with E-state index < -0.39 is 0 Å². The molecule has 0 N–H and O–H groups in total. The van der Waals surface area contributed by atoms with Crippen LogP contribution in [0.4, 0.5) is 0 Å². The number of carbonyl (C=O) groups excluding carboxylic acids is 1. The Morgan fingerprint density at radius 3 is 2.33 bits per heavy atom. The first-order valence-electron chi connectivity index (χ1n) is 4.95. The summed E-state index contributed by atoms with van der Waals surface area (Å²) in [6, 6.07) is 0.312. The number of fused-ring (bicyclic) bond motifs is 2. The monoisotopic (exact) mass is 165 g/mol. The lowest BCUT2D eigenvalue weighted by Gasteiger charge is -2.36. The molecule has 2 saturated carbocycles. The van der Waals surface area contributed by atoms with Gasteiger partial charge in [-0.3, -0.25) is 0 Å². The number of isocyanates is 1. The molecule has 12 heavy (non-hydrogen) atoms. The van der Waals surface area contributed by atoms with Crippen LogP contribution in [0.25, 0.3) is 0 Å². The number of aliphatic imine (C=N–C) groups is 1. The summed E-state index contributed by atoms with van der Waals surface area (Å²) in [5, 5.41) is 0. The maximum absolute atomic E-state index is 10.1. The minimum Gasteiger partial charge on any atom is -0.211 e. The van der Waals surface area contributed by atoms with E-state index in [1.807, 2.05) is 0 Å². The average molecular weight is 165 g/mol. The highest BCUT2D eigenvalue weighted by molar-refractivity contribution is 5.33. The van der Waals surface area contributed by atoms with Crippen molar-refractivity contribution in [3.05, 3.63) is 0 Å². The Hall–Kier alpha value is -0.620. The zero-order valence-electron chi connectivity index (χ0n) is 7.33. The van der Waals surface area contributed by atoms with Crippen LogP contribution in [-0.4, -0.2) is 12.1 Å². The van der Waals surface area contributed by atoms with E-state index in [1.54, 1.807) is 6.08 Å². The van der Waals surface area contributed by atoms with Crippen LogP contribution in [0, 0.1) is 11.8 Å². The van der Waals surface area contributed by atoms with Gasteiger partial charge in [0.15, 0.2) is 0 Å². The molecule has 0 aromatic heterocycles. The summed E-state index contributed by atoms with van der Waals surface area (Å²) in [6.45, 7) is 0. The molecular weight excluding hydrogens is 150 g/mol. The van der Waals surface area contributed by atoms with Gasteiger partial charge < -0.3 is 0 Å². The van der Waals surface area contributed by atoms with Crippen molar-refractivity contribution in [3.8, 4) is 0 Å². The van der Waals surface area contributed by atoms with Crippen molar-refractivity contribution in [1.29, 1.82) is 0 Å². The number of nitrogens with zero attached hydrogens (tertiary/aromatic N) is 1. The van der Waals surface area contributed by atoms with E-state index in [2.05, 4.69) is 4.99 Å². The third kappa shape index (κ3) is 1.59. The molecule has 0 radical (unpaired) electrons. The van der Waals surface area contributed by atoms with Gasteiger partial charge in [-0.25, -0.2) is 9.79 Å². The zero-order chi connectivity index (χ0) is 8.39. The molecule has 0 aromatic carbocycles. The molecule has 2 atom stereocenters. The van der Waals surface area contributed by atoms with Crippen LogP contribution in [-0.2, 0) is 4.79 Å². The Labute approximate surface area is 73.1 Å². The third-order valence-corrected chi connectivity index (χ3v) is 3.34. The Morgan fingerprint density at radius 2 is 1.75 bits per heavy atom. The van der Waals surface area contributed by atoms with Crippen LogP contribution in [0.1, 0.15) is 38.5 Å². The molecule has 2 nitrogen and oxygen atoms in total. The Bertz CT molecular complexity index is 196. The maximum atomic E-state index is 10.1. The molecule has 2 bridgehead atoms. The minimum absolute atomic E-state index is 0.312. The Balaban J connectivity index is 2.00. The van der Waals surface area contributed by atoms with Crippen molar-refractivity contribution in [3.63, 3.8) is 0 Å². The van der Waals surface area contributed by atoms with E-state index >= 15 is 0 Å². The first kappa shape index (κ1) is 8.00. The van der Waals surface area contributed by atoms with Crippen LogP contribution in [0.3, 0.4) is 0 Å². The smallest absolute Gasteiger partial charge is 0.211 e. The fourth-order valence-electron chi connectivity index (χ4n) is 2.88. The van der Waals surface area contributed by atoms with Gasteiger partial charge >= 0.3 is 0 Å². The van der Waals surface area contributed by atoms with E-state index in [0.29, 0.717) is 6.04 Å². The van der Waals surface area contributed by atoms with Gasteiger partial charge in [-0.05, 0) is 31.1 Å². The second-order valence-corrected chi connectivity index (χ2v) is 4.24. The van der Waals surface area contributed by atoms with Crippen molar-refractivity contribution in [2.45, 2.75) is 44.6 Å². The number of hydrogen-bond donors (Lipinski definition) is 0. The number of rotatable bonds is 1. The fourth-order valence-corrected chi connectivity index (χ4v) is 2.88. The van der Waals surface area contributed by atoms with Crippen LogP contribution in [0.15, 0.2) is 4.99 Å². The van der Waals surface area contributed by atoms with Gasteiger partial charge in [-0.2, -0.15) is 0 Å². The van der Waals surface area contributed by atoms with Crippen molar-refractivity contribution >= 4 is 6.08 Å². The SMILES string of the molecule is O=C=NC1CC2CCCC(C2)C1. The topological polar surface area (TPSA) is 29.4 Å². The Kier molecular flexibility index (Phi) is 2.27. The van der Waals surface area contributed by atoms with Crippen molar-refractivity contribution < 1.29 is 4.79 Å². The summed E-state index contributed by atoms with van der Waals surface area (Å²) >= 11 is 0. The van der Waals surface area contributed by atoms with Crippen LogP contribution >= 0.6 is 0 Å². The molecule has 2 rings (SSSR count). The highest BCUT2D eigenvalue weighted by atomic mass is 16.1. The molecule has 2 fully saturated rings. The van der Waals surface area contributed by atoms with Gasteiger partial charge in [0, 0.05) is 0 Å². The van der Waals surface area contributed by atoms with Gasteiger partial charge in [-0.15, -0.1) is 0 Å². The molecular formula is C10H15NO. The first-order chi connectivity index (χ1) is 5.88. The van der Waals surface area contributed by atoms with Gasteiger partial charge in [0.2, 0.25) is 6.08 Å². The predicted octanol–water partition coefficient (Wildman–Crippen LogP) is 2.29. The van der Waals surface area contributed by atoms with Crippen molar-refractivity contribution in [2.24, 2.45) is 16.8 Å². The summed E-state index contributed by atoms with van der Waals surface area (Å²) in [7, 11) is 0. The molecule has 2 heteroatoms. The van der Waals surface area contributed by atoms with Crippen molar-refractivity contribution in [2.75, 3.05) is 0 Å². The van der Waals surface area contributed by atoms with E-state index in [9.17, 15) is 4.79 Å². The predicted molar refractivity (Wildman–Crippen MR) is 46.6 cm³/mol. The van der Waals surface area contributed by atoms with Gasteiger partial charge in [-0.1, -0.05) is 19.3 Å². The quantitative estimate of drug-likeness (QED) is 0.433. The van der Waals surface area contributed by atoms with Crippen molar-refractivity contribution in [1.82, 2.24) is 0 Å². The molecule has 0 amide bonds. The van der Waals surface area contributed by atoms with Gasteiger partial charge in [0.1, 0.15) is 0 Å². The summed E-state index contributed by atoms with van der Waals surface area (Å²) in [5.74, 6) is 1.72. The second-order valence-electron chi connectivity index (χ2n) is 4.24. The lowest BCUT2D eigenvalue weighted by atomic mass is 9.70. The average Bonchev–Trinajstić information content (AvgIpc) is 2.04. The molecule has 0 aliphatic heterocycles. The fraction of sp³-hybridized carbons (Fsp3) is 0.900. The first-order valence-corrected chi connectivity index (χ1v) is 4.95. The lowest BCUT2D eigenvalue weighted by Crippen LogP contribution is -2.28. The summed E-state index contributed by atoms with van der Waals surface area (Å²) in [5.41, 5.74) is 0. The Morgan fingerprint density at radius 1 is 1.08 bits per heavy atom. The van der Waals surface area contributed by atoms with E-state index in [4.69, 9.17) is 0 Å². The molecule has 0 saturated heterocycles. The van der Waals surface area contributed by atoms with Gasteiger partial charge in [0.25, 0.3) is 0 Å². The molecule has 66 valence electrons. The minimum atomic E-state index is 0.312. The maximum Gasteiger partial charge on any atom is 0.235 e. The number of hydrogen-bond acceptors (Lipinski definition) is 2. The lowest BCUT2D eigenvalue weighted by molar-refractivity contribution is 0.172. The molecule has 2 unspecified atom stereocenters. The van der Waals surface area contributed by atoms with Gasteiger partial charge in [0.05, 0.1) is 6.04 Å². The highest BCUT2D eigenvalue weighted by Crippen LogP contribution is 2.40. The molecule has 2 aliphatic rings. The van der Waals surface area contributed by atoms with Crippen LogP contribution in [0.2, 0.25) is 0 Å². The molecule has 0 aromatic rings. The highest BCUT2D eigenvalue weighted by Gasteiger charge is 2.31. The van der Waals surface area contributed by atoms with E-state index in [-0.39, 0.29) is 0 Å². The standard InChI is InChI=1S/C10H15NO/c12-7-11-10-5-8-2-1-3-9(4-8)6-10/h8-10H,1-6H2. The summed E-state index contributed by atoms with van der Waals surface area (Å²) < 4.78 is 0.